The molecular formula is C26H31NO6. The first-order valence-electron chi connectivity index (χ1n) is 11.4. The van der Waals surface area contributed by atoms with Crippen molar-refractivity contribution in [3.63, 3.8) is 0 Å². The van der Waals surface area contributed by atoms with Gasteiger partial charge in [0.1, 0.15) is 24.0 Å². The SMILES string of the molecule is C=C1CC[C@H]2[C@](C)(CO)[C@H](OC(=O)c3cccnc3)CC[C@@]2(C)[C@@H]1/C=C/C1=C(O)COC1=O. The van der Waals surface area contributed by atoms with Crippen LogP contribution in [0, 0.1) is 22.7 Å². The van der Waals surface area contributed by atoms with Crippen LogP contribution >= 0.6 is 0 Å². The topological polar surface area (TPSA) is 106 Å². The number of fused-ring (bicyclic) bond motifs is 1. The fourth-order valence-corrected chi connectivity index (χ4v) is 6.11. The molecule has 2 aliphatic carbocycles. The molecule has 5 atom stereocenters. The second kappa shape index (κ2) is 8.78. The third-order valence-electron chi connectivity index (χ3n) is 7.99. The lowest BCUT2D eigenvalue weighted by atomic mass is 9.46. The van der Waals surface area contributed by atoms with E-state index in [1.54, 1.807) is 24.4 Å². The van der Waals surface area contributed by atoms with Crippen LogP contribution in [0.2, 0.25) is 0 Å². The molecule has 176 valence electrons. The van der Waals surface area contributed by atoms with Gasteiger partial charge in [-0.3, -0.25) is 4.98 Å². The molecule has 2 saturated carbocycles. The average molecular weight is 454 g/mol. The molecule has 1 aromatic rings. The number of carbonyl (C=O) groups is 2. The number of hydrogen-bond donors (Lipinski definition) is 2. The van der Waals surface area contributed by atoms with Gasteiger partial charge in [0.15, 0.2) is 0 Å². The minimum absolute atomic E-state index is 0.0502. The Balaban J connectivity index is 1.60. The fourth-order valence-electron chi connectivity index (χ4n) is 6.11. The lowest BCUT2D eigenvalue weighted by Crippen LogP contribution is -2.58. The minimum atomic E-state index is -0.634. The van der Waals surface area contributed by atoms with Crippen LogP contribution in [0.25, 0.3) is 0 Å². The minimum Gasteiger partial charge on any atom is -0.508 e. The first-order chi connectivity index (χ1) is 15.7. The zero-order valence-electron chi connectivity index (χ0n) is 19.1. The van der Waals surface area contributed by atoms with Crippen LogP contribution < -0.4 is 0 Å². The largest absolute Gasteiger partial charge is 0.508 e. The van der Waals surface area contributed by atoms with Gasteiger partial charge in [0.05, 0.1) is 12.2 Å². The summed E-state index contributed by atoms with van der Waals surface area (Å²) in [7, 11) is 0. The number of aliphatic hydroxyl groups is 2. The van der Waals surface area contributed by atoms with Gasteiger partial charge in [-0.1, -0.05) is 32.1 Å². The third kappa shape index (κ3) is 3.99. The molecule has 33 heavy (non-hydrogen) atoms. The van der Waals surface area contributed by atoms with Crippen LogP contribution in [-0.2, 0) is 14.3 Å². The van der Waals surface area contributed by atoms with E-state index in [4.69, 9.17) is 9.47 Å². The predicted octanol–water partition coefficient (Wildman–Crippen LogP) is 3.91. The molecular weight excluding hydrogens is 422 g/mol. The van der Waals surface area contributed by atoms with Gasteiger partial charge in [-0.2, -0.15) is 0 Å². The highest BCUT2D eigenvalue weighted by Gasteiger charge is 2.58. The van der Waals surface area contributed by atoms with Gasteiger partial charge in [0.25, 0.3) is 0 Å². The van der Waals surface area contributed by atoms with Gasteiger partial charge >= 0.3 is 11.9 Å². The summed E-state index contributed by atoms with van der Waals surface area (Å²) >= 11 is 0. The predicted molar refractivity (Wildman–Crippen MR) is 121 cm³/mol. The lowest BCUT2D eigenvalue weighted by Gasteiger charge is -2.59. The van der Waals surface area contributed by atoms with Crippen LogP contribution in [0.4, 0.5) is 0 Å². The maximum atomic E-state index is 12.7. The first-order valence-corrected chi connectivity index (χ1v) is 11.4. The molecule has 7 nitrogen and oxygen atoms in total. The number of carbonyl (C=O) groups excluding carboxylic acids is 2. The molecule has 0 saturated heterocycles. The normalized spacial score (nSPS) is 34.3. The van der Waals surface area contributed by atoms with Crippen molar-refractivity contribution in [2.45, 2.75) is 45.6 Å². The number of pyridine rings is 1. The molecule has 2 N–H and O–H groups in total. The standard InChI is InChI=1S/C26H31NO6/c1-16-6-9-21-25(2,19(16)8-7-18-20(29)14-32-24(18)31)11-10-22(26(21,3)15-28)33-23(30)17-5-4-12-27-13-17/h4-5,7-8,12-13,19,21-22,28-29H,1,6,9-11,14-15H2,2-3H3/b8-7+/t19-,21-,22-,25+,26+/m1/s1. The van der Waals surface area contributed by atoms with Crippen LogP contribution in [0.5, 0.6) is 0 Å². The Kier molecular flexibility index (Phi) is 6.18. The molecule has 1 aromatic heterocycles. The van der Waals surface area contributed by atoms with Gasteiger partial charge in [0.2, 0.25) is 0 Å². The fraction of sp³-hybridized carbons (Fsp3) is 0.500. The highest BCUT2D eigenvalue weighted by Crippen LogP contribution is 2.61. The van der Waals surface area contributed by atoms with E-state index in [1.165, 1.54) is 6.20 Å². The third-order valence-corrected chi connectivity index (χ3v) is 7.99. The second-order valence-corrected chi connectivity index (χ2v) is 9.87. The summed E-state index contributed by atoms with van der Waals surface area (Å²) in [5.41, 5.74) is 0.741. The summed E-state index contributed by atoms with van der Waals surface area (Å²) in [6.45, 7) is 8.26. The smallest absolute Gasteiger partial charge is 0.342 e. The van der Waals surface area contributed by atoms with E-state index in [1.807, 2.05) is 13.0 Å². The van der Waals surface area contributed by atoms with Gasteiger partial charge in [-0.15, -0.1) is 0 Å². The number of aromatic nitrogens is 1. The van der Waals surface area contributed by atoms with E-state index in [-0.39, 0.29) is 41.8 Å². The lowest BCUT2D eigenvalue weighted by molar-refractivity contribution is -0.149. The van der Waals surface area contributed by atoms with E-state index >= 15 is 0 Å². The number of cyclic esters (lactones) is 1. The molecule has 0 unspecified atom stereocenters. The summed E-state index contributed by atoms with van der Waals surface area (Å²) in [4.78, 5) is 28.6. The quantitative estimate of drug-likeness (QED) is 0.514. The summed E-state index contributed by atoms with van der Waals surface area (Å²) in [6.07, 6.45) is 9.19. The molecule has 3 aliphatic rings. The van der Waals surface area contributed by atoms with Crippen LogP contribution in [-0.4, -0.2) is 46.5 Å². The number of nitrogens with zero attached hydrogens (tertiary/aromatic N) is 1. The van der Waals surface area contributed by atoms with Gasteiger partial charge in [-0.05, 0) is 55.2 Å². The van der Waals surface area contributed by atoms with Crippen molar-refractivity contribution in [1.82, 2.24) is 4.98 Å². The van der Waals surface area contributed by atoms with Crippen molar-refractivity contribution >= 4 is 11.9 Å². The van der Waals surface area contributed by atoms with E-state index in [9.17, 15) is 19.8 Å². The molecule has 0 bridgehead atoms. The van der Waals surface area contributed by atoms with Crippen molar-refractivity contribution in [1.29, 1.82) is 0 Å². The number of hydrogen-bond acceptors (Lipinski definition) is 7. The maximum absolute atomic E-state index is 12.7. The van der Waals surface area contributed by atoms with E-state index in [2.05, 4.69) is 18.5 Å². The van der Waals surface area contributed by atoms with Crippen molar-refractivity contribution in [2.24, 2.45) is 22.7 Å². The Hall–Kier alpha value is -2.93. The molecule has 7 heteroatoms. The highest BCUT2D eigenvalue weighted by atomic mass is 16.6. The molecule has 2 fully saturated rings. The van der Waals surface area contributed by atoms with Gasteiger partial charge < -0.3 is 19.7 Å². The molecule has 0 spiro atoms. The van der Waals surface area contributed by atoms with Crippen molar-refractivity contribution in [2.75, 3.05) is 13.2 Å². The number of aliphatic hydroxyl groups excluding tert-OH is 2. The van der Waals surface area contributed by atoms with Gasteiger partial charge in [0, 0.05) is 23.7 Å². The maximum Gasteiger partial charge on any atom is 0.342 e. The van der Waals surface area contributed by atoms with Crippen LogP contribution in [0.15, 0.2) is 60.2 Å². The Bertz CT molecular complexity index is 1010. The Morgan fingerprint density at radius 1 is 1.39 bits per heavy atom. The van der Waals surface area contributed by atoms with Crippen molar-refractivity contribution in [3.05, 3.63) is 65.7 Å². The zero-order chi connectivity index (χ0) is 23.8. The summed E-state index contributed by atoms with van der Waals surface area (Å²) in [6, 6.07) is 3.36. The molecule has 0 aromatic carbocycles. The Labute approximate surface area is 193 Å². The monoisotopic (exact) mass is 453 g/mol. The van der Waals surface area contributed by atoms with Crippen LogP contribution in [0.3, 0.4) is 0 Å². The Morgan fingerprint density at radius 2 is 2.18 bits per heavy atom. The molecule has 2 heterocycles. The number of allylic oxidation sites excluding steroid dienone is 2. The van der Waals surface area contributed by atoms with E-state index in [0.717, 1.165) is 24.8 Å². The van der Waals surface area contributed by atoms with Crippen molar-refractivity contribution < 1.29 is 29.3 Å². The van der Waals surface area contributed by atoms with Crippen LogP contribution in [0.1, 0.15) is 49.9 Å². The molecule has 0 radical (unpaired) electrons. The summed E-state index contributed by atoms with van der Waals surface area (Å²) < 4.78 is 10.8. The summed E-state index contributed by atoms with van der Waals surface area (Å²) in [5, 5.41) is 20.5. The molecule has 0 amide bonds. The average Bonchev–Trinajstić information content (AvgIpc) is 3.13. The molecule has 4 rings (SSSR count). The highest BCUT2D eigenvalue weighted by molar-refractivity contribution is 5.94. The van der Waals surface area contributed by atoms with E-state index < -0.39 is 23.5 Å². The number of rotatable bonds is 5. The number of ether oxygens (including phenoxy) is 2. The van der Waals surface area contributed by atoms with Crippen molar-refractivity contribution in [3.8, 4) is 0 Å². The summed E-state index contributed by atoms with van der Waals surface area (Å²) in [5.74, 6) is -1.02. The molecule has 1 aliphatic heterocycles. The van der Waals surface area contributed by atoms with Gasteiger partial charge in [-0.25, -0.2) is 9.59 Å². The first kappa shape index (κ1) is 23.2. The Morgan fingerprint density at radius 3 is 2.82 bits per heavy atom. The number of esters is 2. The zero-order valence-corrected chi connectivity index (χ0v) is 19.1. The van der Waals surface area contributed by atoms with E-state index in [0.29, 0.717) is 12.0 Å². The second-order valence-electron chi connectivity index (χ2n) is 9.87.